The molecule has 1 aromatic rings. The molecule has 214 valence electrons. The molecule has 1 spiro atoms. The Morgan fingerprint density at radius 3 is 2.69 bits per heavy atom. The lowest BCUT2D eigenvalue weighted by Crippen LogP contribution is -2.59. The Bertz CT molecular complexity index is 1130. The van der Waals surface area contributed by atoms with Crippen molar-refractivity contribution in [1.82, 2.24) is 15.5 Å². The van der Waals surface area contributed by atoms with Crippen molar-refractivity contribution in [2.75, 3.05) is 39.4 Å². The van der Waals surface area contributed by atoms with Gasteiger partial charge in [-0.05, 0) is 92.1 Å². The van der Waals surface area contributed by atoms with Gasteiger partial charge in [0.25, 0.3) is 0 Å². The van der Waals surface area contributed by atoms with Crippen LogP contribution in [0.15, 0.2) is 27.6 Å². The maximum Gasteiger partial charge on any atom is 0.335 e. The highest BCUT2D eigenvalue weighted by atomic mass is 16.6. The predicted molar refractivity (Wildman–Crippen MR) is 147 cm³/mol. The number of urea groups is 1. The minimum absolute atomic E-state index is 0.0131. The molecule has 0 radical (unpaired) electrons. The summed E-state index contributed by atoms with van der Waals surface area (Å²) < 4.78 is 17.4. The zero-order valence-corrected chi connectivity index (χ0v) is 23.6. The van der Waals surface area contributed by atoms with Gasteiger partial charge in [0.05, 0.1) is 25.6 Å². The molecule has 2 aliphatic heterocycles. The van der Waals surface area contributed by atoms with E-state index in [9.17, 15) is 9.59 Å². The Morgan fingerprint density at radius 1 is 1.05 bits per heavy atom. The van der Waals surface area contributed by atoms with E-state index in [1.807, 2.05) is 6.07 Å². The summed E-state index contributed by atoms with van der Waals surface area (Å²) in [4.78, 5) is 26.6. The van der Waals surface area contributed by atoms with E-state index in [1.165, 1.54) is 37.7 Å². The fraction of sp³-hybridized carbons (Fsp3) is 0.806. The highest BCUT2D eigenvalue weighted by Gasteiger charge is 2.80. The van der Waals surface area contributed by atoms with E-state index in [1.54, 1.807) is 12.3 Å². The van der Waals surface area contributed by atoms with Crippen molar-refractivity contribution in [3.8, 4) is 0 Å². The molecule has 1 aromatic heterocycles. The van der Waals surface area contributed by atoms with Crippen LogP contribution < -0.4 is 16.3 Å². The first-order valence-electron chi connectivity index (χ1n) is 15.4. The van der Waals surface area contributed by atoms with Gasteiger partial charge in [-0.1, -0.05) is 13.8 Å². The minimum Gasteiger partial charge on any atom is -0.431 e. The number of morpholine rings is 1. The first-order valence-corrected chi connectivity index (χ1v) is 15.4. The van der Waals surface area contributed by atoms with Gasteiger partial charge in [0.15, 0.2) is 0 Å². The summed E-state index contributed by atoms with van der Waals surface area (Å²) in [6, 6.07) is 3.81. The molecule has 4 saturated carbocycles. The Hall–Kier alpha value is -1.90. The molecule has 6 fully saturated rings. The lowest BCUT2D eigenvalue weighted by molar-refractivity contribution is -0.129. The van der Waals surface area contributed by atoms with Gasteiger partial charge < -0.3 is 24.5 Å². The van der Waals surface area contributed by atoms with Gasteiger partial charge in [0, 0.05) is 43.7 Å². The molecule has 8 heteroatoms. The van der Waals surface area contributed by atoms with Crippen molar-refractivity contribution in [2.24, 2.45) is 28.6 Å². The number of amides is 2. The normalized spacial score (nSPS) is 44.9. The summed E-state index contributed by atoms with van der Waals surface area (Å²) in [5, 5.41) is 6.41. The molecule has 9 atom stereocenters. The van der Waals surface area contributed by atoms with Crippen LogP contribution in [0.4, 0.5) is 4.79 Å². The van der Waals surface area contributed by atoms with Crippen LogP contribution in [0.25, 0.3) is 0 Å². The topological polar surface area (TPSA) is 96.3 Å². The third kappa shape index (κ3) is 4.11. The average molecular weight is 540 g/mol. The van der Waals surface area contributed by atoms with Gasteiger partial charge >= 0.3 is 11.7 Å². The monoisotopic (exact) mass is 539 g/mol. The fourth-order valence-corrected chi connectivity index (χ4v) is 10.3. The number of carbonyl (C=O) groups is 1. The van der Waals surface area contributed by atoms with Crippen LogP contribution in [0.2, 0.25) is 0 Å². The molecule has 2 saturated heterocycles. The number of fused-ring (bicyclic) bond motifs is 3. The van der Waals surface area contributed by atoms with Gasteiger partial charge in [-0.25, -0.2) is 9.59 Å². The summed E-state index contributed by atoms with van der Waals surface area (Å²) in [6.45, 7) is 10.1. The lowest BCUT2D eigenvalue weighted by Gasteiger charge is -2.61. The van der Waals surface area contributed by atoms with E-state index >= 15 is 0 Å². The number of carbonyl (C=O) groups excluding carboxylic acids is 1. The Labute approximate surface area is 231 Å². The Morgan fingerprint density at radius 2 is 1.90 bits per heavy atom. The largest absolute Gasteiger partial charge is 0.431 e. The molecule has 0 unspecified atom stereocenters. The zero-order valence-electron chi connectivity index (χ0n) is 23.6. The van der Waals surface area contributed by atoms with Crippen LogP contribution in [-0.2, 0) is 9.47 Å². The van der Waals surface area contributed by atoms with E-state index in [0.29, 0.717) is 41.7 Å². The van der Waals surface area contributed by atoms with E-state index in [0.717, 1.165) is 52.1 Å². The van der Waals surface area contributed by atoms with E-state index < -0.39 is 0 Å². The van der Waals surface area contributed by atoms with Crippen LogP contribution >= 0.6 is 0 Å². The highest BCUT2D eigenvalue weighted by molar-refractivity contribution is 5.74. The van der Waals surface area contributed by atoms with Crippen LogP contribution in [0.1, 0.15) is 76.7 Å². The molecule has 2 amide bonds. The van der Waals surface area contributed by atoms with Crippen LogP contribution in [0.5, 0.6) is 0 Å². The van der Waals surface area contributed by atoms with Gasteiger partial charge in [-0.2, -0.15) is 0 Å². The number of hydrogen-bond donors (Lipinski definition) is 2. The quantitative estimate of drug-likeness (QED) is 0.551. The molecule has 39 heavy (non-hydrogen) atoms. The number of nitrogens with zero attached hydrogens (tertiary/aromatic N) is 1. The minimum atomic E-state index is -0.274. The molecule has 4 aliphatic carbocycles. The maximum absolute atomic E-state index is 12.7. The van der Waals surface area contributed by atoms with Gasteiger partial charge in [0.1, 0.15) is 5.60 Å². The van der Waals surface area contributed by atoms with Crippen molar-refractivity contribution >= 4 is 6.03 Å². The summed E-state index contributed by atoms with van der Waals surface area (Å²) in [7, 11) is 0. The molecule has 7 rings (SSSR count). The number of ether oxygens (including phenoxy) is 2. The number of nitrogens with one attached hydrogen (secondary N) is 2. The van der Waals surface area contributed by atoms with Crippen molar-refractivity contribution < 1.29 is 18.7 Å². The third-order valence-corrected chi connectivity index (χ3v) is 12.4. The number of rotatable bonds is 5. The third-order valence-electron chi connectivity index (χ3n) is 12.4. The summed E-state index contributed by atoms with van der Waals surface area (Å²) >= 11 is 0. The summed E-state index contributed by atoms with van der Waals surface area (Å²) in [6.07, 6.45) is 11.3. The van der Waals surface area contributed by atoms with E-state index in [-0.39, 0.29) is 28.7 Å². The standard InChI is InChI=1S/C31H45N3O5/c1-29-9-7-22(33-28(36)32-11-12-34-13-15-37-16-14-34)17-21(29)4-5-24-23(29)8-10-30(2)25(18-26-31(24,30)39-26)20-3-6-27(35)38-19-20/h3,6,19,21-26H,4-5,7-18H2,1-2H3,(H2,32,33,36)/t21-,22+,23+,24-,25-,26-,29+,30-,31-/m1/s1. The Kier molecular flexibility index (Phi) is 6.40. The van der Waals surface area contributed by atoms with Gasteiger partial charge in [-0.15, -0.1) is 0 Å². The van der Waals surface area contributed by atoms with Gasteiger partial charge in [-0.3, -0.25) is 4.90 Å². The zero-order chi connectivity index (χ0) is 26.8. The predicted octanol–water partition coefficient (Wildman–Crippen LogP) is 3.90. The van der Waals surface area contributed by atoms with Crippen LogP contribution in [0.3, 0.4) is 0 Å². The van der Waals surface area contributed by atoms with Crippen molar-refractivity contribution in [2.45, 2.75) is 88.9 Å². The average Bonchev–Trinajstić information content (AvgIpc) is 3.59. The van der Waals surface area contributed by atoms with Crippen LogP contribution in [-0.4, -0.2) is 68.1 Å². The second kappa shape index (κ2) is 9.59. The lowest BCUT2D eigenvalue weighted by atomic mass is 9.44. The SMILES string of the molecule is C[C@]12CC[C@H](NC(=O)NCCN3CCOCC3)C[C@H]1CC[C@@H]1[C@@H]2CC[C@]2(C)[C@@H](c3ccc(=O)oc3)C[C@H]3O[C@]132. The molecule has 6 aliphatic rings. The smallest absolute Gasteiger partial charge is 0.335 e. The molecule has 2 N–H and O–H groups in total. The van der Waals surface area contributed by atoms with Crippen molar-refractivity contribution in [3.05, 3.63) is 34.4 Å². The highest BCUT2D eigenvalue weighted by Crippen LogP contribution is 2.77. The van der Waals surface area contributed by atoms with Gasteiger partial charge in [0.2, 0.25) is 0 Å². The van der Waals surface area contributed by atoms with Crippen molar-refractivity contribution in [1.29, 1.82) is 0 Å². The van der Waals surface area contributed by atoms with E-state index in [2.05, 4.69) is 29.4 Å². The first kappa shape index (κ1) is 26.0. The Balaban J connectivity index is 0.984. The molecule has 0 aromatic carbocycles. The summed E-state index contributed by atoms with van der Waals surface area (Å²) in [5.41, 5.74) is 1.29. The first-order chi connectivity index (χ1) is 18.8. The van der Waals surface area contributed by atoms with E-state index in [4.69, 9.17) is 13.9 Å². The van der Waals surface area contributed by atoms with Crippen LogP contribution in [0, 0.1) is 28.6 Å². The molecular weight excluding hydrogens is 494 g/mol. The molecule has 3 heterocycles. The summed E-state index contributed by atoms with van der Waals surface area (Å²) in [5.74, 6) is 2.35. The second-order valence-electron chi connectivity index (χ2n) is 13.9. The molecular formula is C31H45N3O5. The number of hydrogen-bond acceptors (Lipinski definition) is 6. The maximum atomic E-state index is 12.7. The molecule has 8 nitrogen and oxygen atoms in total. The second-order valence-corrected chi connectivity index (χ2v) is 13.9. The number of epoxide rings is 1. The van der Waals surface area contributed by atoms with Crippen molar-refractivity contribution in [3.63, 3.8) is 0 Å². The fourth-order valence-electron chi connectivity index (χ4n) is 10.3. The molecule has 0 bridgehead atoms.